The summed E-state index contributed by atoms with van der Waals surface area (Å²) in [7, 11) is 0. The van der Waals surface area contributed by atoms with Crippen molar-refractivity contribution < 1.29 is 4.79 Å². The largest absolute Gasteiger partial charge is 0.293 e. The van der Waals surface area contributed by atoms with Gasteiger partial charge in [0.15, 0.2) is 5.78 Å². The van der Waals surface area contributed by atoms with E-state index in [9.17, 15) is 4.79 Å². The quantitative estimate of drug-likeness (QED) is 0.757. The predicted octanol–water partition coefficient (Wildman–Crippen LogP) is 2.09. The molecule has 0 aliphatic rings. The van der Waals surface area contributed by atoms with Gasteiger partial charge in [-0.15, -0.1) is 5.10 Å². The molecule has 102 valence electrons. The number of nitrogens with zero attached hydrogens (tertiary/aromatic N) is 5. The molecular formula is C12H17N5OS. The normalized spacial score (nSPS) is 11.2. The van der Waals surface area contributed by atoms with Gasteiger partial charge in [0.25, 0.3) is 0 Å². The Morgan fingerprint density at radius 3 is 2.95 bits per heavy atom. The molecule has 0 atom stereocenters. The molecule has 2 aromatic rings. The maximum atomic E-state index is 12.3. The highest BCUT2D eigenvalue weighted by atomic mass is 32.1. The summed E-state index contributed by atoms with van der Waals surface area (Å²) in [5, 5.41) is 8.15. The zero-order valence-electron chi connectivity index (χ0n) is 11.3. The molecule has 0 radical (unpaired) electrons. The Hall–Kier alpha value is -1.63. The van der Waals surface area contributed by atoms with Crippen molar-refractivity contribution in [2.24, 2.45) is 0 Å². The van der Waals surface area contributed by atoms with E-state index in [0.29, 0.717) is 10.7 Å². The van der Waals surface area contributed by atoms with Crippen molar-refractivity contribution >= 4 is 17.3 Å². The number of carbonyl (C=O) groups is 1. The molecular weight excluding hydrogens is 262 g/mol. The molecule has 6 nitrogen and oxygen atoms in total. The molecule has 19 heavy (non-hydrogen) atoms. The Bertz CT molecular complexity index is 560. The van der Waals surface area contributed by atoms with Crippen LogP contribution < -0.4 is 0 Å². The number of carbonyl (C=O) groups excluding carboxylic acids is 1. The van der Waals surface area contributed by atoms with Gasteiger partial charge in [-0.05, 0) is 23.9 Å². The Morgan fingerprint density at radius 2 is 2.26 bits per heavy atom. The molecule has 0 N–H and O–H groups in total. The number of hydrogen-bond donors (Lipinski definition) is 0. The fourth-order valence-corrected chi connectivity index (χ4v) is 2.57. The smallest absolute Gasteiger partial charge is 0.183 e. The molecule has 0 amide bonds. The Labute approximate surface area is 116 Å². The fraction of sp³-hybridized carbons (Fsp3) is 0.583. The van der Waals surface area contributed by atoms with Crippen LogP contribution in [0.25, 0.3) is 0 Å². The number of ketones is 1. The molecule has 0 aliphatic carbocycles. The number of hydrogen-bond acceptors (Lipinski definition) is 6. The van der Waals surface area contributed by atoms with E-state index >= 15 is 0 Å². The molecule has 0 bridgehead atoms. The third kappa shape index (κ3) is 3.04. The van der Waals surface area contributed by atoms with Crippen molar-refractivity contribution in [3.63, 3.8) is 0 Å². The minimum Gasteiger partial charge on any atom is -0.293 e. The lowest BCUT2D eigenvalue weighted by Crippen LogP contribution is -2.12. The van der Waals surface area contributed by atoms with Crippen molar-refractivity contribution in [2.75, 3.05) is 0 Å². The van der Waals surface area contributed by atoms with Crippen molar-refractivity contribution in [1.29, 1.82) is 0 Å². The lowest BCUT2D eigenvalue weighted by molar-refractivity contribution is 0.0991. The summed E-state index contributed by atoms with van der Waals surface area (Å²) in [5.74, 6) is 0.922. The molecule has 0 spiro atoms. The molecule has 2 aromatic heterocycles. The van der Waals surface area contributed by atoms with Gasteiger partial charge < -0.3 is 0 Å². The van der Waals surface area contributed by atoms with E-state index in [1.54, 1.807) is 4.68 Å². The topological polar surface area (TPSA) is 73.6 Å². The first-order valence-corrected chi connectivity index (χ1v) is 7.13. The van der Waals surface area contributed by atoms with Gasteiger partial charge in [-0.25, -0.2) is 9.67 Å². The predicted molar refractivity (Wildman–Crippen MR) is 72.3 cm³/mol. The number of aromatic nitrogens is 5. The second kappa shape index (κ2) is 6.01. The summed E-state index contributed by atoms with van der Waals surface area (Å²) in [6.07, 6.45) is 2.71. The van der Waals surface area contributed by atoms with Crippen molar-refractivity contribution in [1.82, 2.24) is 24.4 Å². The molecule has 7 heteroatoms. The van der Waals surface area contributed by atoms with Crippen LogP contribution in [-0.2, 0) is 13.0 Å². The van der Waals surface area contributed by atoms with Gasteiger partial charge in [0, 0.05) is 6.54 Å². The molecule has 0 aliphatic heterocycles. The fourth-order valence-electron chi connectivity index (χ4n) is 1.82. The lowest BCUT2D eigenvalue weighted by Gasteiger charge is -2.05. The highest BCUT2D eigenvalue weighted by molar-refractivity contribution is 7.08. The van der Waals surface area contributed by atoms with Gasteiger partial charge in [-0.3, -0.25) is 4.79 Å². The van der Waals surface area contributed by atoms with Crippen LogP contribution in [0.15, 0.2) is 6.33 Å². The van der Waals surface area contributed by atoms with Crippen LogP contribution in [0.2, 0.25) is 0 Å². The van der Waals surface area contributed by atoms with Crippen LogP contribution in [0.3, 0.4) is 0 Å². The van der Waals surface area contributed by atoms with E-state index in [2.05, 4.69) is 26.6 Å². The van der Waals surface area contributed by atoms with Crippen LogP contribution in [0.5, 0.6) is 0 Å². The first kappa shape index (κ1) is 13.8. The second-order valence-electron chi connectivity index (χ2n) is 4.64. The van der Waals surface area contributed by atoms with E-state index < -0.39 is 0 Å². The molecule has 0 fully saturated rings. The average molecular weight is 279 g/mol. The first-order chi connectivity index (χ1) is 9.13. The Morgan fingerprint density at radius 1 is 1.47 bits per heavy atom. The zero-order chi connectivity index (χ0) is 13.8. The third-order valence-corrected chi connectivity index (χ3v) is 3.55. The maximum Gasteiger partial charge on any atom is 0.183 e. The van der Waals surface area contributed by atoms with Crippen molar-refractivity contribution in [3.8, 4) is 0 Å². The molecule has 0 saturated carbocycles. The standard InChI is InChI=1S/C12H17N5OS/c1-4-5-17-10(13-7-14-17)6-9(18)12-11(8(2)3)15-16-19-12/h7-8H,4-6H2,1-3H3. The minimum absolute atomic E-state index is 0.0176. The van der Waals surface area contributed by atoms with Crippen molar-refractivity contribution in [3.05, 3.63) is 22.7 Å². The van der Waals surface area contributed by atoms with Crippen molar-refractivity contribution in [2.45, 2.75) is 46.1 Å². The second-order valence-corrected chi connectivity index (χ2v) is 5.40. The number of aryl methyl sites for hydroxylation is 1. The van der Waals surface area contributed by atoms with E-state index in [0.717, 1.165) is 30.2 Å². The van der Waals surface area contributed by atoms with Gasteiger partial charge in [-0.2, -0.15) is 5.10 Å². The van der Waals surface area contributed by atoms with E-state index in [1.165, 1.54) is 6.33 Å². The maximum absolute atomic E-state index is 12.3. The van der Waals surface area contributed by atoms with Gasteiger partial charge in [0.05, 0.1) is 12.1 Å². The number of Topliss-reactive ketones (excluding diaryl/α,β-unsaturated/α-hetero) is 1. The van der Waals surface area contributed by atoms with Gasteiger partial charge >= 0.3 is 0 Å². The summed E-state index contributed by atoms with van der Waals surface area (Å²) in [4.78, 5) is 17.1. The van der Waals surface area contributed by atoms with E-state index in [4.69, 9.17) is 0 Å². The summed E-state index contributed by atoms with van der Waals surface area (Å²) >= 11 is 1.16. The van der Waals surface area contributed by atoms with Crippen LogP contribution >= 0.6 is 11.5 Å². The third-order valence-electron chi connectivity index (χ3n) is 2.76. The van der Waals surface area contributed by atoms with Crippen LogP contribution in [0.1, 0.15) is 54.3 Å². The first-order valence-electron chi connectivity index (χ1n) is 6.35. The molecule has 2 rings (SSSR count). The minimum atomic E-state index is 0.0176. The van der Waals surface area contributed by atoms with Gasteiger partial charge in [0.2, 0.25) is 0 Å². The highest BCUT2D eigenvalue weighted by Gasteiger charge is 2.20. The van der Waals surface area contributed by atoms with E-state index in [-0.39, 0.29) is 18.1 Å². The summed E-state index contributed by atoms with van der Waals surface area (Å²) in [6, 6.07) is 0. The summed E-state index contributed by atoms with van der Waals surface area (Å²) in [6.45, 7) is 6.86. The Balaban J connectivity index is 2.16. The highest BCUT2D eigenvalue weighted by Crippen LogP contribution is 2.21. The summed E-state index contributed by atoms with van der Waals surface area (Å²) < 4.78 is 5.66. The van der Waals surface area contributed by atoms with Gasteiger partial charge in [-0.1, -0.05) is 25.3 Å². The van der Waals surface area contributed by atoms with Crippen LogP contribution in [0.4, 0.5) is 0 Å². The lowest BCUT2D eigenvalue weighted by atomic mass is 10.1. The molecule has 0 saturated heterocycles. The average Bonchev–Trinajstić information content (AvgIpc) is 2.98. The molecule has 2 heterocycles. The molecule has 0 unspecified atom stereocenters. The van der Waals surface area contributed by atoms with E-state index in [1.807, 2.05) is 13.8 Å². The molecule has 0 aromatic carbocycles. The van der Waals surface area contributed by atoms with Crippen LogP contribution in [-0.4, -0.2) is 30.1 Å². The zero-order valence-corrected chi connectivity index (χ0v) is 12.1. The Kier molecular flexibility index (Phi) is 4.36. The monoisotopic (exact) mass is 279 g/mol. The SMILES string of the molecule is CCCn1ncnc1CC(=O)c1snnc1C(C)C. The van der Waals surface area contributed by atoms with Gasteiger partial charge in [0.1, 0.15) is 17.0 Å². The number of rotatable bonds is 6. The summed E-state index contributed by atoms with van der Waals surface area (Å²) in [5.41, 5.74) is 0.775. The van der Waals surface area contributed by atoms with Crippen LogP contribution in [0, 0.1) is 0 Å².